The van der Waals surface area contributed by atoms with Gasteiger partial charge in [-0.2, -0.15) is 0 Å². The fourth-order valence-electron chi connectivity index (χ4n) is 3.25. The average molecular weight is 365 g/mol. The summed E-state index contributed by atoms with van der Waals surface area (Å²) in [5.74, 6) is -2.28. The fraction of sp³-hybridized carbons (Fsp3) is 0.632. The summed E-state index contributed by atoms with van der Waals surface area (Å²) in [5.41, 5.74) is -0.592. The molecular formula is C19H27NO6. The van der Waals surface area contributed by atoms with E-state index in [1.54, 1.807) is 0 Å². The van der Waals surface area contributed by atoms with Crippen molar-refractivity contribution in [3.63, 3.8) is 0 Å². The van der Waals surface area contributed by atoms with Crippen molar-refractivity contribution in [2.24, 2.45) is 11.3 Å². The Balaban J connectivity index is 2.67. The molecule has 0 unspecified atom stereocenters. The van der Waals surface area contributed by atoms with Gasteiger partial charge in [0.1, 0.15) is 17.3 Å². The lowest BCUT2D eigenvalue weighted by atomic mass is 9.71. The van der Waals surface area contributed by atoms with Crippen molar-refractivity contribution in [2.45, 2.75) is 53.0 Å². The quantitative estimate of drug-likeness (QED) is 0.767. The van der Waals surface area contributed by atoms with E-state index in [0.29, 0.717) is 12.2 Å². The van der Waals surface area contributed by atoms with Crippen LogP contribution in [-0.2, 0) is 28.6 Å². The van der Waals surface area contributed by atoms with E-state index < -0.39 is 23.4 Å². The number of hydrogen-bond donors (Lipinski definition) is 1. The lowest BCUT2D eigenvalue weighted by molar-refractivity contribution is -0.148. The largest absolute Gasteiger partial charge is 0.468 e. The smallest absolute Gasteiger partial charge is 0.340 e. The summed E-state index contributed by atoms with van der Waals surface area (Å²) in [5, 5.41) is 3.11. The molecule has 7 heteroatoms. The van der Waals surface area contributed by atoms with E-state index >= 15 is 0 Å². The van der Waals surface area contributed by atoms with Crippen LogP contribution >= 0.6 is 0 Å². The first-order valence-electron chi connectivity index (χ1n) is 8.53. The summed E-state index contributed by atoms with van der Waals surface area (Å²) in [6.45, 7) is 9.60. The van der Waals surface area contributed by atoms with E-state index in [2.05, 4.69) is 5.32 Å². The van der Waals surface area contributed by atoms with Gasteiger partial charge in [0.05, 0.1) is 19.8 Å². The maximum Gasteiger partial charge on any atom is 0.340 e. The van der Waals surface area contributed by atoms with Crippen LogP contribution in [0.1, 0.15) is 47.5 Å². The van der Waals surface area contributed by atoms with Crippen molar-refractivity contribution in [3.05, 3.63) is 22.8 Å². The summed E-state index contributed by atoms with van der Waals surface area (Å²) < 4.78 is 15.7. The standard InChI is InChI=1S/C19H27NO6/c1-18(2,3)20-15-14(17(23)25-7)13(16(22)24-6)12-10(21)8-19(4,5)9-11(12)26-15/h13,20H,8-9H2,1-7H3/t13-/m0/s1. The van der Waals surface area contributed by atoms with E-state index in [9.17, 15) is 14.4 Å². The molecular weight excluding hydrogens is 338 g/mol. The normalized spacial score (nSPS) is 22.4. The Morgan fingerprint density at radius 1 is 1.15 bits per heavy atom. The van der Waals surface area contributed by atoms with Crippen LogP contribution in [0.25, 0.3) is 0 Å². The zero-order valence-corrected chi connectivity index (χ0v) is 16.4. The minimum Gasteiger partial charge on any atom is -0.468 e. The monoisotopic (exact) mass is 365 g/mol. The molecule has 26 heavy (non-hydrogen) atoms. The Bertz CT molecular complexity index is 708. The third-order valence-electron chi connectivity index (χ3n) is 4.26. The van der Waals surface area contributed by atoms with Crippen LogP contribution in [0.5, 0.6) is 0 Å². The molecule has 2 rings (SSSR count). The van der Waals surface area contributed by atoms with Gasteiger partial charge in [-0.3, -0.25) is 9.59 Å². The Labute approximate surface area is 153 Å². The first kappa shape index (κ1) is 20.0. The number of rotatable bonds is 3. The molecule has 1 atom stereocenters. The zero-order valence-electron chi connectivity index (χ0n) is 16.4. The number of carbonyl (C=O) groups excluding carboxylic acids is 3. The number of methoxy groups -OCH3 is 2. The number of allylic oxidation sites excluding steroid dienone is 1. The molecule has 2 aliphatic rings. The number of ketones is 1. The summed E-state index contributed by atoms with van der Waals surface area (Å²) >= 11 is 0. The first-order chi connectivity index (χ1) is 11.9. The second kappa shape index (κ2) is 6.78. The molecule has 0 fully saturated rings. The van der Waals surface area contributed by atoms with Gasteiger partial charge < -0.3 is 19.5 Å². The number of hydrogen-bond acceptors (Lipinski definition) is 7. The lowest BCUT2D eigenvalue weighted by Crippen LogP contribution is -2.44. The molecule has 0 aromatic carbocycles. The Morgan fingerprint density at radius 2 is 1.77 bits per heavy atom. The minimum atomic E-state index is -1.16. The van der Waals surface area contributed by atoms with Crippen molar-refractivity contribution in [1.29, 1.82) is 0 Å². The van der Waals surface area contributed by atoms with Crippen LogP contribution in [0.4, 0.5) is 0 Å². The van der Waals surface area contributed by atoms with Crippen LogP contribution < -0.4 is 5.32 Å². The molecule has 0 spiro atoms. The van der Waals surface area contributed by atoms with Crippen LogP contribution in [0.3, 0.4) is 0 Å². The SMILES string of the molecule is COC(=O)C1=C(NC(C)(C)C)OC2=C(C(=O)CC(C)(C)C2)[C@@H]1C(=O)OC. The lowest BCUT2D eigenvalue weighted by Gasteiger charge is -2.38. The van der Waals surface area contributed by atoms with Crippen molar-refractivity contribution in [1.82, 2.24) is 5.32 Å². The van der Waals surface area contributed by atoms with Crippen molar-refractivity contribution >= 4 is 17.7 Å². The number of nitrogens with one attached hydrogen (secondary N) is 1. The molecule has 1 heterocycles. The van der Waals surface area contributed by atoms with Crippen LogP contribution in [0.2, 0.25) is 0 Å². The van der Waals surface area contributed by atoms with Gasteiger partial charge >= 0.3 is 11.9 Å². The van der Waals surface area contributed by atoms with Crippen LogP contribution in [0, 0.1) is 11.3 Å². The highest BCUT2D eigenvalue weighted by Crippen LogP contribution is 2.45. The molecule has 0 aromatic rings. The first-order valence-corrected chi connectivity index (χ1v) is 8.53. The van der Waals surface area contributed by atoms with E-state index in [-0.39, 0.29) is 34.6 Å². The summed E-state index contributed by atoms with van der Waals surface area (Å²) in [4.78, 5) is 37.8. The van der Waals surface area contributed by atoms with E-state index in [1.165, 1.54) is 14.2 Å². The third-order valence-corrected chi connectivity index (χ3v) is 4.26. The Hall–Kier alpha value is -2.31. The van der Waals surface area contributed by atoms with Gasteiger partial charge in [0.2, 0.25) is 5.88 Å². The fourth-order valence-corrected chi connectivity index (χ4v) is 3.25. The van der Waals surface area contributed by atoms with Crippen molar-refractivity contribution < 1.29 is 28.6 Å². The maximum atomic E-state index is 12.8. The summed E-state index contributed by atoms with van der Waals surface area (Å²) in [6.07, 6.45) is 0.741. The van der Waals surface area contributed by atoms with E-state index in [4.69, 9.17) is 14.2 Å². The second-order valence-corrected chi connectivity index (χ2v) is 8.45. The van der Waals surface area contributed by atoms with Crippen molar-refractivity contribution in [3.8, 4) is 0 Å². The summed E-state index contributed by atoms with van der Waals surface area (Å²) in [6, 6.07) is 0. The molecule has 0 saturated carbocycles. The summed E-state index contributed by atoms with van der Waals surface area (Å²) in [7, 11) is 2.44. The van der Waals surface area contributed by atoms with Gasteiger partial charge in [0.15, 0.2) is 5.78 Å². The van der Waals surface area contributed by atoms with Gasteiger partial charge in [0.25, 0.3) is 0 Å². The Morgan fingerprint density at radius 3 is 2.27 bits per heavy atom. The number of ether oxygens (including phenoxy) is 3. The molecule has 0 bridgehead atoms. The van der Waals surface area contributed by atoms with Gasteiger partial charge in [0, 0.05) is 18.4 Å². The number of carbonyl (C=O) groups is 3. The maximum absolute atomic E-state index is 12.8. The molecule has 0 amide bonds. The molecule has 0 aromatic heterocycles. The van der Waals surface area contributed by atoms with Gasteiger partial charge in [-0.25, -0.2) is 4.79 Å². The van der Waals surface area contributed by atoms with E-state index in [0.717, 1.165) is 0 Å². The number of Topliss-reactive ketones (excluding diaryl/α,β-unsaturated/α-hetero) is 1. The van der Waals surface area contributed by atoms with E-state index in [1.807, 2.05) is 34.6 Å². The molecule has 1 aliphatic carbocycles. The molecule has 1 N–H and O–H groups in total. The molecule has 0 radical (unpaired) electrons. The predicted molar refractivity (Wildman–Crippen MR) is 93.6 cm³/mol. The third kappa shape index (κ3) is 3.92. The highest BCUT2D eigenvalue weighted by Gasteiger charge is 2.48. The Kier molecular flexibility index (Phi) is 5.21. The van der Waals surface area contributed by atoms with Crippen LogP contribution in [0.15, 0.2) is 22.8 Å². The van der Waals surface area contributed by atoms with Gasteiger partial charge in [-0.05, 0) is 26.2 Å². The van der Waals surface area contributed by atoms with Gasteiger partial charge in [-0.1, -0.05) is 13.8 Å². The molecule has 7 nitrogen and oxygen atoms in total. The zero-order chi connectivity index (χ0) is 19.9. The molecule has 0 saturated heterocycles. The predicted octanol–water partition coefficient (Wildman–Crippen LogP) is 2.22. The second-order valence-electron chi connectivity index (χ2n) is 8.45. The van der Waals surface area contributed by atoms with Gasteiger partial charge in [-0.15, -0.1) is 0 Å². The minimum absolute atomic E-state index is 0.0407. The molecule has 144 valence electrons. The highest BCUT2D eigenvalue weighted by molar-refractivity contribution is 6.08. The highest BCUT2D eigenvalue weighted by atomic mass is 16.5. The topological polar surface area (TPSA) is 90.9 Å². The van der Waals surface area contributed by atoms with Crippen molar-refractivity contribution in [2.75, 3.05) is 14.2 Å². The molecule has 1 aliphatic heterocycles. The van der Waals surface area contributed by atoms with Crippen LogP contribution in [-0.4, -0.2) is 37.5 Å². The average Bonchev–Trinajstić information content (AvgIpc) is 2.49. The number of esters is 2.